The Labute approximate surface area is 254 Å². The molecule has 2 unspecified atom stereocenters. The summed E-state index contributed by atoms with van der Waals surface area (Å²) in [6.07, 6.45) is 0.979. The van der Waals surface area contributed by atoms with E-state index in [0.29, 0.717) is 24.4 Å². The van der Waals surface area contributed by atoms with Crippen molar-refractivity contribution in [3.8, 4) is 0 Å². The second kappa shape index (κ2) is 10.7. The van der Waals surface area contributed by atoms with Crippen LogP contribution in [0, 0.1) is 6.92 Å². The average molecular weight is 589 g/mol. The summed E-state index contributed by atoms with van der Waals surface area (Å²) < 4.78 is 0. The summed E-state index contributed by atoms with van der Waals surface area (Å²) in [4.78, 5) is 48.4. The molecule has 1 saturated heterocycles. The maximum atomic E-state index is 14.3. The minimum atomic E-state index is -0.706. The molecule has 4 aromatic carbocycles. The number of anilines is 1. The average Bonchev–Trinajstić information content (AvgIpc) is 3.50. The molecule has 1 aromatic heterocycles. The number of hydrogen-bond donors (Lipinski definition) is 2. The molecule has 0 radical (unpaired) electrons. The molecular weight excluding hydrogens is 560 g/mol. The van der Waals surface area contributed by atoms with Gasteiger partial charge in [0.2, 0.25) is 0 Å². The number of aromatic amines is 1. The molecule has 7 rings (SSSR count). The van der Waals surface area contributed by atoms with Crippen molar-refractivity contribution >= 4 is 46.0 Å². The standard InChI is InChI=1S/C35H29ClN4O3/c1-21-9-2-3-12-24(21)32-31-27(25-13-4-6-15-28(25)38-31)20-30-34(42)40(35(43)39(30)32)29-16-7-5-14-26(29)33(41)37-18-17-22-10-8-11-23(36)19-22/h2-16,19,30,32,38H,17-18,20H2,1H3,(H,37,41). The number of hydrogen-bond acceptors (Lipinski definition) is 3. The van der Waals surface area contributed by atoms with Crippen LogP contribution in [-0.4, -0.2) is 40.3 Å². The van der Waals surface area contributed by atoms with E-state index in [1.165, 1.54) is 4.90 Å². The smallest absolute Gasteiger partial charge is 0.332 e. The van der Waals surface area contributed by atoms with Gasteiger partial charge < -0.3 is 10.3 Å². The van der Waals surface area contributed by atoms with Crippen LogP contribution in [0.1, 0.15) is 44.3 Å². The van der Waals surface area contributed by atoms with Crippen molar-refractivity contribution < 1.29 is 14.4 Å². The minimum absolute atomic E-state index is 0.270. The number of imide groups is 1. The summed E-state index contributed by atoms with van der Waals surface area (Å²) in [7, 11) is 0. The van der Waals surface area contributed by atoms with Crippen molar-refractivity contribution in [2.45, 2.75) is 31.8 Å². The van der Waals surface area contributed by atoms with Crippen LogP contribution in [0.4, 0.5) is 10.5 Å². The maximum Gasteiger partial charge on any atom is 0.332 e. The number of aryl methyl sites for hydroxylation is 1. The van der Waals surface area contributed by atoms with Crippen molar-refractivity contribution in [3.63, 3.8) is 0 Å². The van der Waals surface area contributed by atoms with Crippen LogP contribution in [0.3, 0.4) is 0 Å². The van der Waals surface area contributed by atoms with Crippen molar-refractivity contribution in [2.24, 2.45) is 0 Å². The van der Waals surface area contributed by atoms with E-state index in [1.807, 2.05) is 67.6 Å². The van der Waals surface area contributed by atoms with Crippen LogP contribution in [0.15, 0.2) is 97.1 Å². The lowest BCUT2D eigenvalue weighted by molar-refractivity contribution is -0.120. The topological polar surface area (TPSA) is 85.5 Å². The van der Waals surface area contributed by atoms with E-state index in [2.05, 4.69) is 16.4 Å². The molecule has 0 saturated carbocycles. The molecular formula is C35H29ClN4O3. The van der Waals surface area contributed by atoms with Gasteiger partial charge in [-0.1, -0.05) is 78.3 Å². The third-order valence-corrected chi connectivity index (χ3v) is 8.75. The number of para-hydroxylation sites is 2. The molecule has 7 nitrogen and oxygen atoms in total. The fourth-order valence-electron chi connectivity index (χ4n) is 6.48. The number of halogens is 1. The molecule has 2 atom stereocenters. The van der Waals surface area contributed by atoms with E-state index in [1.54, 1.807) is 35.2 Å². The Morgan fingerprint density at radius 1 is 0.953 bits per heavy atom. The Morgan fingerprint density at radius 2 is 1.72 bits per heavy atom. The molecule has 5 aromatic rings. The van der Waals surface area contributed by atoms with E-state index in [4.69, 9.17) is 11.6 Å². The summed E-state index contributed by atoms with van der Waals surface area (Å²) in [5, 5.41) is 4.63. The second-order valence-corrected chi connectivity index (χ2v) is 11.5. The SMILES string of the molecule is Cc1ccccc1C1c2[nH]c3ccccc3c2CC2C(=O)N(c3ccccc3C(=O)NCCc3cccc(Cl)c3)C(=O)N21. The second-order valence-electron chi connectivity index (χ2n) is 11.1. The van der Waals surface area contributed by atoms with Gasteiger partial charge in [-0.3, -0.25) is 14.5 Å². The highest BCUT2D eigenvalue weighted by Crippen LogP contribution is 2.45. The van der Waals surface area contributed by atoms with Crippen molar-refractivity contribution in [1.82, 2.24) is 15.2 Å². The maximum absolute atomic E-state index is 14.3. The number of carbonyl (C=O) groups is 3. The lowest BCUT2D eigenvalue weighted by Crippen LogP contribution is -2.44. The van der Waals surface area contributed by atoms with Gasteiger partial charge in [0.25, 0.3) is 11.8 Å². The quantitative estimate of drug-likeness (QED) is 0.220. The van der Waals surface area contributed by atoms with E-state index in [-0.39, 0.29) is 23.1 Å². The van der Waals surface area contributed by atoms with Crippen molar-refractivity contribution in [1.29, 1.82) is 0 Å². The Hall–Kier alpha value is -4.88. The number of nitrogens with zero attached hydrogens (tertiary/aromatic N) is 2. The largest absolute Gasteiger partial charge is 0.356 e. The van der Waals surface area contributed by atoms with Gasteiger partial charge in [-0.2, -0.15) is 0 Å². The summed E-state index contributed by atoms with van der Waals surface area (Å²) >= 11 is 6.10. The molecule has 1 fully saturated rings. The number of fused-ring (bicyclic) bond motifs is 4. The molecule has 8 heteroatoms. The zero-order chi connectivity index (χ0) is 29.7. The summed E-state index contributed by atoms with van der Waals surface area (Å²) in [6, 6.07) is 28.6. The third kappa shape index (κ3) is 4.57. The highest BCUT2D eigenvalue weighted by atomic mass is 35.5. The Kier molecular flexibility index (Phi) is 6.75. The molecule has 0 bridgehead atoms. The molecule has 0 aliphatic carbocycles. The molecule has 3 heterocycles. The number of nitrogens with one attached hydrogen (secondary N) is 2. The van der Waals surface area contributed by atoms with Crippen molar-refractivity contribution in [3.05, 3.63) is 136 Å². The zero-order valence-electron chi connectivity index (χ0n) is 23.5. The van der Waals surface area contributed by atoms with Gasteiger partial charge in [0.1, 0.15) is 12.1 Å². The van der Waals surface area contributed by atoms with E-state index in [0.717, 1.165) is 38.9 Å². The third-order valence-electron chi connectivity index (χ3n) is 8.51. The summed E-state index contributed by atoms with van der Waals surface area (Å²) in [5.41, 5.74) is 6.47. The normalized spacial score (nSPS) is 17.7. The number of aromatic nitrogens is 1. The van der Waals surface area contributed by atoms with Crippen LogP contribution < -0.4 is 10.2 Å². The first-order chi connectivity index (χ1) is 20.9. The number of urea groups is 1. The molecule has 0 spiro atoms. The van der Waals surface area contributed by atoms with Gasteiger partial charge in [-0.05, 0) is 65.9 Å². The molecule has 214 valence electrons. The Balaban J connectivity index is 1.24. The monoisotopic (exact) mass is 588 g/mol. The molecule has 2 aliphatic heterocycles. The highest BCUT2D eigenvalue weighted by molar-refractivity contribution is 6.30. The Bertz CT molecular complexity index is 1910. The highest BCUT2D eigenvalue weighted by Gasteiger charge is 2.53. The van der Waals surface area contributed by atoms with E-state index >= 15 is 0 Å². The molecule has 4 amide bonds. The first-order valence-corrected chi connectivity index (χ1v) is 14.7. The summed E-state index contributed by atoms with van der Waals surface area (Å²) in [5.74, 6) is -0.687. The number of carbonyl (C=O) groups excluding carboxylic acids is 3. The van der Waals surface area contributed by atoms with E-state index < -0.39 is 18.1 Å². The van der Waals surface area contributed by atoms with Crippen LogP contribution in [-0.2, 0) is 17.6 Å². The minimum Gasteiger partial charge on any atom is -0.356 e. The number of rotatable bonds is 6. The lowest BCUT2D eigenvalue weighted by atomic mass is 9.87. The predicted octanol–water partition coefficient (Wildman–Crippen LogP) is 6.59. The van der Waals surface area contributed by atoms with Gasteiger partial charge in [0.15, 0.2) is 0 Å². The molecule has 43 heavy (non-hydrogen) atoms. The fraction of sp³-hybridized carbons (Fsp3) is 0.171. The number of amides is 4. The zero-order valence-corrected chi connectivity index (χ0v) is 24.3. The van der Waals surface area contributed by atoms with Crippen molar-refractivity contribution in [2.75, 3.05) is 11.4 Å². The number of benzene rings is 4. The van der Waals surface area contributed by atoms with Gasteiger partial charge in [0, 0.05) is 34.6 Å². The van der Waals surface area contributed by atoms with Crippen LogP contribution in [0.2, 0.25) is 5.02 Å². The van der Waals surface area contributed by atoms with Gasteiger partial charge in [-0.15, -0.1) is 0 Å². The fourth-order valence-corrected chi connectivity index (χ4v) is 6.70. The van der Waals surface area contributed by atoms with Crippen LogP contribution in [0.25, 0.3) is 10.9 Å². The lowest BCUT2D eigenvalue weighted by Gasteiger charge is -2.36. The summed E-state index contributed by atoms with van der Waals surface area (Å²) in [6.45, 7) is 2.39. The van der Waals surface area contributed by atoms with Gasteiger partial charge in [0.05, 0.1) is 11.3 Å². The van der Waals surface area contributed by atoms with E-state index in [9.17, 15) is 14.4 Å². The molecule has 2 N–H and O–H groups in total. The van der Waals surface area contributed by atoms with Gasteiger partial charge in [-0.25, -0.2) is 9.69 Å². The van der Waals surface area contributed by atoms with Crippen LogP contribution >= 0.6 is 11.6 Å². The predicted molar refractivity (Wildman–Crippen MR) is 167 cm³/mol. The van der Waals surface area contributed by atoms with Crippen LogP contribution in [0.5, 0.6) is 0 Å². The van der Waals surface area contributed by atoms with Gasteiger partial charge >= 0.3 is 6.03 Å². The molecule has 2 aliphatic rings. The first kappa shape index (κ1) is 27.0. The number of H-pyrrole nitrogens is 1. The Morgan fingerprint density at radius 3 is 2.56 bits per heavy atom. The first-order valence-electron chi connectivity index (χ1n) is 14.4.